The van der Waals surface area contributed by atoms with E-state index in [0.717, 1.165) is 0 Å². The second-order valence-electron chi connectivity index (χ2n) is 4.13. The summed E-state index contributed by atoms with van der Waals surface area (Å²) in [7, 11) is 1.77. The zero-order chi connectivity index (χ0) is 12.4. The Kier molecular flexibility index (Phi) is 3.44. The van der Waals surface area contributed by atoms with Crippen LogP contribution in [0.15, 0.2) is 12.4 Å². The van der Waals surface area contributed by atoms with Crippen LogP contribution in [0, 0.1) is 0 Å². The summed E-state index contributed by atoms with van der Waals surface area (Å²) in [5.74, 6) is 0.209. The number of aryl methyl sites for hydroxylation is 1. The summed E-state index contributed by atoms with van der Waals surface area (Å²) in [6, 6.07) is -0.274. The Labute approximate surface area is 99.8 Å². The van der Waals surface area contributed by atoms with Crippen LogP contribution in [0.25, 0.3) is 0 Å². The summed E-state index contributed by atoms with van der Waals surface area (Å²) in [6.07, 6.45) is 2.70. The van der Waals surface area contributed by atoms with E-state index in [0.29, 0.717) is 19.0 Å². The van der Waals surface area contributed by atoms with Gasteiger partial charge in [-0.25, -0.2) is 4.98 Å². The number of hydrogen-bond donors (Lipinski definition) is 1. The third kappa shape index (κ3) is 2.18. The number of carbonyl (C=O) groups excluding carboxylic acids is 1. The van der Waals surface area contributed by atoms with Crippen molar-refractivity contribution in [2.75, 3.05) is 19.8 Å². The molecule has 0 aromatic carbocycles. The smallest absolute Gasteiger partial charge is 0.290 e. The number of aliphatic hydroxyl groups excluding tert-OH is 1. The normalized spacial score (nSPS) is 23.9. The molecular weight excluding hydrogens is 222 g/mol. The molecule has 2 atom stereocenters. The van der Waals surface area contributed by atoms with E-state index in [1.165, 1.54) is 0 Å². The lowest BCUT2D eigenvalue weighted by Gasteiger charge is -2.28. The van der Waals surface area contributed by atoms with E-state index in [2.05, 4.69) is 4.98 Å². The molecule has 1 aliphatic heterocycles. The van der Waals surface area contributed by atoms with Crippen molar-refractivity contribution in [3.05, 3.63) is 18.2 Å². The number of imidazole rings is 1. The van der Waals surface area contributed by atoms with Crippen molar-refractivity contribution in [2.24, 2.45) is 7.05 Å². The van der Waals surface area contributed by atoms with Gasteiger partial charge in [-0.15, -0.1) is 0 Å². The van der Waals surface area contributed by atoms with Crippen LogP contribution in [0.4, 0.5) is 0 Å². The predicted octanol–water partition coefficient (Wildman–Crippen LogP) is -0.358. The van der Waals surface area contributed by atoms with Gasteiger partial charge in [0.2, 0.25) is 0 Å². The highest BCUT2D eigenvalue weighted by Gasteiger charge is 2.35. The Balaban J connectivity index is 2.19. The predicted molar refractivity (Wildman–Crippen MR) is 60.5 cm³/mol. The van der Waals surface area contributed by atoms with Crippen molar-refractivity contribution in [3.8, 4) is 0 Å². The molecule has 17 heavy (non-hydrogen) atoms. The summed E-state index contributed by atoms with van der Waals surface area (Å²) >= 11 is 0. The standard InChI is InChI=1S/C11H17N3O3/c1-3-14(8-6-17-7-9(8)15)11(16)10-12-4-5-13(10)2/h4-5,8-9,15H,3,6-7H2,1-2H3/t8-,9-/m0/s1. The van der Waals surface area contributed by atoms with E-state index < -0.39 is 6.10 Å². The SMILES string of the molecule is CCN(C(=O)c1nccn1C)[C@H]1COC[C@@H]1O. The molecule has 94 valence electrons. The average molecular weight is 239 g/mol. The third-order valence-electron chi connectivity index (χ3n) is 3.04. The lowest BCUT2D eigenvalue weighted by atomic mass is 10.2. The maximum Gasteiger partial charge on any atom is 0.290 e. The number of rotatable bonds is 3. The first-order valence-corrected chi connectivity index (χ1v) is 5.69. The van der Waals surface area contributed by atoms with Crippen molar-refractivity contribution in [1.82, 2.24) is 14.5 Å². The molecule has 1 N–H and O–H groups in total. The maximum atomic E-state index is 12.3. The van der Waals surface area contributed by atoms with Crippen molar-refractivity contribution in [3.63, 3.8) is 0 Å². The van der Waals surface area contributed by atoms with Gasteiger partial charge in [0.1, 0.15) is 0 Å². The molecule has 1 saturated heterocycles. The lowest BCUT2D eigenvalue weighted by Crippen LogP contribution is -2.47. The first-order valence-electron chi connectivity index (χ1n) is 5.69. The number of aliphatic hydroxyl groups is 1. The van der Waals surface area contributed by atoms with Gasteiger partial charge in [-0.2, -0.15) is 0 Å². The lowest BCUT2D eigenvalue weighted by molar-refractivity contribution is 0.0506. The first kappa shape index (κ1) is 12.1. The van der Waals surface area contributed by atoms with E-state index in [1.54, 1.807) is 28.9 Å². The average Bonchev–Trinajstić information content (AvgIpc) is 2.89. The Bertz CT molecular complexity index is 404. The molecule has 0 aliphatic carbocycles. The molecule has 0 unspecified atom stereocenters. The van der Waals surface area contributed by atoms with Gasteiger partial charge in [0, 0.05) is 26.0 Å². The first-order chi connectivity index (χ1) is 8.15. The van der Waals surface area contributed by atoms with Gasteiger partial charge in [-0.05, 0) is 6.92 Å². The van der Waals surface area contributed by atoms with Crippen molar-refractivity contribution in [1.29, 1.82) is 0 Å². The van der Waals surface area contributed by atoms with E-state index in [9.17, 15) is 9.90 Å². The van der Waals surface area contributed by atoms with Crippen molar-refractivity contribution in [2.45, 2.75) is 19.1 Å². The molecule has 1 aliphatic rings. The van der Waals surface area contributed by atoms with Gasteiger partial charge in [0.25, 0.3) is 5.91 Å². The number of ether oxygens (including phenoxy) is 1. The fraction of sp³-hybridized carbons (Fsp3) is 0.636. The van der Waals surface area contributed by atoms with Crippen LogP contribution in [0.3, 0.4) is 0 Å². The maximum absolute atomic E-state index is 12.3. The number of carbonyl (C=O) groups is 1. The summed E-state index contributed by atoms with van der Waals surface area (Å²) in [5.41, 5.74) is 0. The van der Waals surface area contributed by atoms with Crippen LogP contribution in [-0.2, 0) is 11.8 Å². The molecule has 2 heterocycles. The van der Waals surface area contributed by atoms with E-state index in [4.69, 9.17) is 4.74 Å². The Morgan fingerprint density at radius 3 is 2.94 bits per heavy atom. The number of amides is 1. The second-order valence-corrected chi connectivity index (χ2v) is 4.13. The topological polar surface area (TPSA) is 67.6 Å². The van der Waals surface area contributed by atoms with Gasteiger partial charge < -0.3 is 19.3 Å². The molecule has 0 saturated carbocycles. The van der Waals surface area contributed by atoms with Gasteiger partial charge in [-0.3, -0.25) is 4.79 Å². The summed E-state index contributed by atoms with van der Waals surface area (Å²) < 4.78 is 6.85. The molecule has 2 rings (SSSR count). The zero-order valence-corrected chi connectivity index (χ0v) is 10.0. The van der Waals surface area contributed by atoms with E-state index >= 15 is 0 Å². The summed E-state index contributed by atoms with van der Waals surface area (Å²) in [4.78, 5) is 17.9. The Morgan fingerprint density at radius 2 is 2.47 bits per heavy atom. The number of aromatic nitrogens is 2. The number of nitrogens with zero attached hydrogens (tertiary/aromatic N) is 3. The minimum Gasteiger partial charge on any atom is -0.388 e. The van der Waals surface area contributed by atoms with Crippen LogP contribution >= 0.6 is 0 Å². The van der Waals surface area contributed by atoms with Gasteiger partial charge >= 0.3 is 0 Å². The van der Waals surface area contributed by atoms with Crippen LogP contribution in [0.1, 0.15) is 17.5 Å². The van der Waals surface area contributed by atoms with E-state index in [-0.39, 0.29) is 18.6 Å². The molecule has 0 radical (unpaired) electrons. The highest BCUT2D eigenvalue weighted by atomic mass is 16.5. The van der Waals surface area contributed by atoms with Crippen LogP contribution in [0.5, 0.6) is 0 Å². The van der Waals surface area contributed by atoms with E-state index in [1.807, 2.05) is 6.92 Å². The highest BCUT2D eigenvalue weighted by molar-refractivity contribution is 5.91. The van der Waals surface area contributed by atoms with Crippen LogP contribution in [-0.4, -0.2) is 57.4 Å². The summed E-state index contributed by atoms with van der Waals surface area (Å²) in [5, 5.41) is 9.76. The molecule has 1 fully saturated rings. The zero-order valence-electron chi connectivity index (χ0n) is 10.0. The monoisotopic (exact) mass is 239 g/mol. The largest absolute Gasteiger partial charge is 0.388 e. The fourth-order valence-electron chi connectivity index (χ4n) is 2.06. The van der Waals surface area contributed by atoms with Crippen molar-refractivity contribution < 1.29 is 14.6 Å². The third-order valence-corrected chi connectivity index (χ3v) is 3.04. The Morgan fingerprint density at radius 1 is 1.71 bits per heavy atom. The van der Waals surface area contributed by atoms with Gasteiger partial charge in [0.15, 0.2) is 5.82 Å². The highest BCUT2D eigenvalue weighted by Crippen LogP contribution is 2.15. The molecule has 1 amide bonds. The molecule has 6 heteroatoms. The number of hydrogen-bond acceptors (Lipinski definition) is 4. The Hall–Kier alpha value is -1.40. The van der Waals surface area contributed by atoms with Crippen LogP contribution in [0.2, 0.25) is 0 Å². The minimum absolute atomic E-state index is 0.172. The van der Waals surface area contributed by atoms with Crippen molar-refractivity contribution >= 4 is 5.91 Å². The summed E-state index contributed by atoms with van der Waals surface area (Å²) in [6.45, 7) is 3.07. The molecule has 0 bridgehead atoms. The second kappa shape index (κ2) is 4.85. The molecule has 0 spiro atoms. The minimum atomic E-state index is -0.612. The molecule has 1 aromatic heterocycles. The molecule has 1 aromatic rings. The van der Waals surface area contributed by atoms with Crippen LogP contribution < -0.4 is 0 Å². The molecule has 6 nitrogen and oxygen atoms in total. The molecular formula is C11H17N3O3. The number of likely N-dealkylation sites (N-methyl/N-ethyl adjacent to an activating group) is 1. The van der Waals surface area contributed by atoms with Gasteiger partial charge in [-0.1, -0.05) is 0 Å². The fourth-order valence-corrected chi connectivity index (χ4v) is 2.06. The quantitative estimate of drug-likeness (QED) is 0.782. The van der Waals surface area contributed by atoms with Gasteiger partial charge in [0.05, 0.1) is 25.4 Å².